The van der Waals surface area contributed by atoms with Crippen molar-refractivity contribution in [3.05, 3.63) is 82.2 Å². The molecule has 0 N–H and O–H groups in total. The highest BCUT2D eigenvalue weighted by Crippen LogP contribution is 2.30. The Labute approximate surface area is 131 Å². The van der Waals surface area contributed by atoms with Crippen LogP contribution in [0.1, 0.15) is 24.5 Å². The minimum Gasteiger partial charge on any atom is -0.230 e. The first-order valence-electron chi connectivity index (χ1n) is 6.98. The first-order chi connectivity index (χ1) is 10.5. The predicted octanol–water partition coefficient (Wildman–Crippen LogP) is 4.47. The highest BCUT2D eigenvalue weighted by molar-refractivity contribution is 7.95. The molecule has 3 nitrogen and oxygen atoms in total. The van der Waals surface area contributed by atoms with Gasteiger partial charge in [0.25, 0.3) is 5.03 Å². The van der Waals surface area contributed by atoms with Crippen molar-refractivity contribution in [3.8, 4) is 0 Å². The van der Waals surface area contributed by atoms with Gasteiger partial charge in [-0.3, -0.25) is 0 Å². The summed E-state index contributed by atoms with van der Waals surface area (Å²) in [5, 5.41) is -0.190. The smallest absolute Gasteiger partial charge is 0.230 e. The van der Waals surface area contributed by atoms with Crippen molar-refractivity contribution in [3.63, 3.8) is 0 Å². The van der Waals surface area contributed by atoms with E-state index in [4.69, 9.17) is 6.57 Å². The fraction of sp³-hybridized carbons (Fsp3) is 0.167. The number of sulfone groups is 1. The summed E-state index contributed by atoms with van der Waals surface area (Å²) in [4.78, 5) is 3.51. The summed E-state index contributed by atoms with van der Waals surface area (Å²) >= 11 is 0. The highest BCUT2D eigenvalue weighted by Gasteiger charge is 2.25. The van der Waals surface area contributed by atoms with E-state index in [1.165, 1.54) is 0 Å². The van der Waals surface area contributed by atoms with Crippen molar-refractivity contribution >= 4 is 15.4 Å². The molecule has 0 saturated carbocycles. The molecule has 0 atom stereocenters. The van der Waals surface area contributed by atoms with Gasteiger partial charge < -0.3 is 0 Å². The largest absolute Gasteiger partial charge is 0.286 e. The molecule has 0 heterocycles. The minimum absolute atomic E-state index is 0.158. The number of aryl methyl sites for hydroxylation is 1. The lowest BCUT2D eigenvalue weighted by molar-refractivity contribution is 0.603. The second-order valence-electron chi connectivity index (χ2n) is 4.93. The molecule has 0 fully saturated rings. The van der Waals surface area contributed by atoms with Crippen LogP contribution in [0.3, 0.4) is 0 Å². The van der Waals surface area contributed by atoms with Crippen molar-refractivity contribution in [1.82, 2.24) is 0 Å². The van der Waals surface area contributed by atoms with Crippen molar-refractivity contribution in [1.29, 1.82) is 0 Å². The minimum atomic E-state index is -3.80. The maximum atomic E-state index is 12.8. The van der Waals surface area contributed by atoms with E-state index in [0.29, 0.717) is 12.0 Å². The second kappa shape index (κ2) is 6.59. The zero-order chi connectivity index (χ0) is 16.2. The summed E-state index contributed by atoms with van der Waals surface area (Å²) in [5.74, 6) is 0. The Balaban J connectivity index is 2.66. The van der Waals surface area contributed by atoms with E-state index in [0.717, 1.165) is 11.1 Å². The molecule has 0 aliphatic carbocycles. The fourth-order valence-electron chi connectivity index (χ4n) is 2.24. The third-order valence-electron chi connectivity index (χ3n) is 3.42. The quantitative estimate of drug-likeness (QED) is 0.782. The fourth-order valence-corrected chi connectivity index (χ4v) is 3.66. The van der Waals surface area contributed by atoms with Crippen LogP contribution in [0, 0.1) is 13.5 Å². The van der Waals surface area contributed by atoms with Gasteiger partial charge in [-0.05, 0) is 36.6 Å². The van der Waals surface area contributed by atoms with Crippen molar-refractivity contribution in [2.75, 3.05) is 0 Å². The Kier molecular flexibility index (Phi) is 4.79. The molecule has 4 heteroatoms. The summed E-state index contributed by atoms with van der Waals surface area (Å²) in [5.41, 5.74) is 2.30. The third kappa shape index (κ3) is 3.10. The molecule has 0 unspecified atom stereocenters. The molecule has 0 aliphatic rings. The number of hydrogen-bond donors (Lipinski definition) is 0. The summed E-state index contributed by atoms with van der Waals surface area (Å²) in [6.45, 7) is 11.1. The average Bonchev–Trinajstić information content (AvgIpc) is 2.53. The van der Waals surface area contributed by atoms with Gasteiger partial charge in [0.1, 0.15) is 0 Å². The standard InChI is InChI=1S/C18H17NO2S/c1-4-17(15-8-6-5-7-9-15)18(19-3)22(20,21)16-12-10-14(2)11-13-16/h5-13H,4H2,1-2H3/b18-17-. The number of benzene rings is 2. The van der Waals surface area contributed by atoms with E-state index >= 15 is 0 Å². The van der Waals surface area contributed by atoms with Crippen LogP contribution in [0.25, 0.3) is 10.4 Å². The maximum absolute atomic E-state index is 12.8. The van der Waals surface area contributed by atoms with Gasteiger partial charge in [-0.15, -0.1) is 0 Å². The molecule has 2 rings (SSSR count). The molecular weight excluding hydrogens is 294 g/mol. The molecule has 0 amide bonds. The van der Waals surface area contributed by atoms with Gasteiger partial charge >= 0.3 is 0 Å². The Morgan fingerprint density at radius 1 is 1.05 bits per heavy atom. The molecule has 22 heavy (non-hydrogen) atoms. The Morgan fingerprint density at radius 3 is 2.14 bits per heavy atom. The molecule has 112 valence electrons. The van der Waals surface area contributed by atoms with Crippen LogP contribution < -0.4 is 0 Å². The first kappa shape index (κ1) is 16.0. The first-order valence-corrected chi connectivity index (χ1v) is 8.46. The lowest BCUT2D eigenvalue weighted by Gasteiger charge is -2.10. The van der Waals surface area contributed by atoms with E-state index in [-0.39, 0.29) is 9.92 Å². The van der Waals surface area contributed by atoms with Gasteiger partial charge in [-0.2, -0.15) is 0 Å². The number of hydrogen-bond acceptors (Lipinski definition) is 2. The van der Waals surface area contributed by atoms with Crippen LogP contribution in [0.2, 0.25) is 0 Å². The normalized spacial score (nSPS) is 12.4. The van der Waals surface area contributed by atoms with Crippen LogP contribution >= 0.6 is 0 Å². The number of allylic oxidation sites excluding steroid dienone is 1. The van der Waals surface area contributed by atoms with Crippen molar-refractivity contribution in [2.24, 2.45) is 0 Å². The zero-order valence-electron chi connectivity index (χ0n) is 12.6. The second-order valence-corrected chi connectivity index (χ2v) is 6.80. The zero-order valence-corrected chi connectivity index (χ0v) is 13.4. The molecule has 0 spiro atoms. The average molecular weight is 311 g/mol. The third-order valence-corrected chi connectivity index (χ3v) is 5.16. The summed E-state index contributed by atoms with van der Waals surface area (Å²) in [7, 11) is -3.80. The van der Waals surface area contributed by atoms with Crippen LogP contribution in [-0.4, -0.2) is 8.42 Å². The van der Waals surface area contributed by atoms with E-state index in [1.54, 1.807) is 24.3 Å². The van der Waals surface area contributed by atoms with Crippen LogP contribution in [-0.2, 0) is 9.84 Å². The van der Waals surface area contributed by atoms with Crippen LogP contribution in [0.4, 0.5) is 0 Å². The van der Waals surface area contributed by atoms with Crippen LogP contribution in [0.5, 0.6) is 0 Å². The molecule has 0 saturated heterocycles. The number of nitrogens with zero attached hydrogens (tertiary/aromatic N) is 1. The Morgan fingerprint density at radius 2 is 1.64 bits per heavy atom. The van der Waals surface area contributed by atoms with Gasteiger partial charge in [-0.1, -0.05) is 55.0 Å². The van der Waals surface area contributed by atoms with E-state index < -0.39 is 9.84 Å². The van der Waals surface area contributed by atoms with Gasteiger partial charge in [0.05, 0.1) is 11.5 Å². The van der Waals surface area contributed by atoms with E-state index in [2.05, 4.69) is 4.85 Å². The van der Waals surface area contributed by atoms with E-state index in [1.807, 2.05) is 44.2 Å². The van der Waals surface area contributed by atoms with Crippen molar-refractivity contribution < 1.29 is 8.42 Å². The molecule has 0 aromatic heterocycles. The van der Waals surface area contributed by atoms with E-state index in [9.17, 15) is 8.42 Å². The predicted molar refractivity (Wildman–Crippen MR) is 88.6 cm³/mol. The van der Waals surface area contributed by atoms with Gasteiger partial charge in [0.15, 0.2) is 0 Å². The van der Waals surface area contributed by atoms with Crippen molar-refractivity contribution in [2.45, 2.75) is 25.2 Å². The SMILES string of the molecule is [C-]#[N+]/C(=C(\CC)c1ccccc1)S(=O)(=O)c1ccc(C)cc1. The van der Waals surface area contributed by atoms with Gasteiger partial charge in [0, 0.05) is 0 Å². The molecule has 2 aromatic carbocycles. The number of rotatable bonds is 4. The summed E-state index contributed by atoms with van der Waals surface area (Å²) < 4.78 is 25.6. The molecule has 0 radical (unpaired) electrons. The Hall–Kier alpha value is -2.38. The Bertz CT molecular complexity index is 827. The maximum Gasteiger partial charge on any atom is 0.286 e. The molecule has 0 bridgehead atoms. The summed E-state index contributed by atoms with van der Waals surface area (Å²) in [6.07, 6.45) is 0.479. The lowest BCUT2D eigenvalue weighted by Crippen LogP contribution is -2.05. The summed E-state index contributed by atoms with van der Waals surface area (Å²) in [6, 6.07) is 15.8. The topological polar surface area (TPSA) is 38.5 Å². The lowest BCUT2D eigenvalue weighted by atomic mass is 10.1. The monoisotopic (exact) mass is 311 g/mol. The van der Waals surface area contributed by atoms with Crippen LogP contribution in [0.15, 0.2) is 64.5 Å². The van der Waals surface area contributed by atoms with Gasteiger partial charge in [0.2, 0.25) is 9.84 Å². The molecule has 0 aliphatic heterocycles. The molecule has 2 aromatic rings. The highest BCUT2D eigenvalue weighted by atomic mass is 32.2. The van der Waals surface area contributed by atoms with Gasteiger partial charge in [-0.25, -0.2) is 13.3 Å². The molecular formula is C18H17NO2S.